The van der Waals surface area contributed by atoms with Crippen molar-refractivity contribution >= 4 is 0 Å². The van der Waals surface area contributed by atoms with E-state index in [4.69, 9.17) is 5.73 Å². The van der Waals surface area contributed by atoms with Crippen molar-refractivity contribution in [1.82, 2.24) is 4.90 Å². The molecule has 3 heteroatoms. The minimum Gasteiger partial charge on any atom is -0.330 e. The van der Waals surface area contributed by atoms with E-state index in [1.807, 2.05) is 6.07 Å². The van der Waals surface area contributed by atoms with Crippen LogP contribution in [0.2, 0.25) is 0 Å². The van der Waals surface area contributed by atoms with Gasteiger partial charge in [-0.15, -0.1) is 0 Å². The summed E-state index contributed by atoms with van der Waals surface area (Å²) in [6, 6.07) is 6.77. The van der Waals surface area contributed by atoms with Gasteiger partial charge in [0.2, 0.25) is 0 Å². The summed E-state index contributed by atoms with van der Waals surface area (Å²) in [6.07, 6.45) is 1.00. The average molecular weight is 238 g/mol. The third-order valence-corrected chi connectivity index (χ3v) is 2.86. The van der Waals surface area contributed by atoms with Gasteiger partial charge in [-0.25, -0.2) is 4.39 Å². The minimum atomic E-state index is -0.169. The zero-order chi connectivity index (χ0) is 12.9. The molecule has 1 aromatic rings. The zero-order valence-corrected chi connectivity index (χ0v) is 11.0. The van der Waals surface area contributed by atoms with E-state index >= 15 is 0 Å². The Morgan fingerprint density at radius 1 is 1.35 bits per heavy atom. The van der Waals surface area contributed by atoms with Gasteiger partial charge in [0.25, 0.3) is 0 Å². The van der Waals surface area contributed by atoms with Gasteiger partial charge in [-0.2, -0.15) is 0 Å². The second-order valence-corrected chi connectivity index (χ2v) is 5.51. The Hall–Kier alpha value is -0.930. The minimum absolute atomic E-state index is 0.169. The molecule has 0 aliphatic carbocycles. The standard InChI is InChI=1S/C14H23FN2/c1-14(2,7-8-16)11-17(3)10-12-5-4-6-13(15)9-12/h4-6,9H,7-8,10-11,16H2,1-3H3. The first-order chi connectivity index (χ1) is 7.93. The first-order valence-corrected chi connectivity index (χ1v) is 6.06. The van der Waals surface area contributed by atoms with Crippen LogP contribution in [0.15, 0.2) is 24.3 Å². The quantitative estimate of drug-likeness (QED) is 0.825. The van der Waals surface area contributed by atoms with E-state index in [0.29, 0.717) is 6.54 Å². The summed E-state index contributed by atoms with van der Waals surface area (Å²) in [4.78, 5) is 2.21. The van der Waals surface area contributed by atoms with Gasteiger partial charge >= 0.3 is 0 Å². The number of hydrogen-bond acceptors (Lipinski definition) is 2. The summed E-state index contributed by atoms with van der Waals surface area (Å²) in [6.45, 7) is 6.86. The highest BCUT2D eigenvalue weighted by Gasteiger charge is 2.19. The lowest BCUT2D eigenvalue weighted by Crippen LogP contribution is -2.32. The second kappa shape index (κ2) is 6.12. The number of benzene rings is 1. The molecule has 0 atom stereocenters. The zero-order valence-electron chi connectivity index (χ0n) is 11.0. The molecule has 0 unspecified atom stereocenters. The molecule has 0 fully saturated rings. The first-order valence-electron chi connectivity index (χ1n) is 6.06. The summed E-state index contributed by atoms with van der Waals surface area (Å²) >= 11 is 0. The maximum Gasteiger partial charge on any atom is 0.123 e. The third kappa shape index (κ3) is 5.29. The van der Waals surface area contributed by atoms with Crippen molar-refractivity contribution in [2.45, 2.75) is 26.8 Å². The van der Waals surface area contributed by atoms with Gasteiger partial charge in [-0.05, 0) is 43.1 Å². The molecule has 1 aromatic carbocycles. The van der Waals surface area contributed by atoms with Crippen LogP contribution in [0.25, 0.3) is 0 Å². The predicted molar refractivity (Wildman–Crippen MR) is 70.2 cm³/mol. The van der Waals surface area contributed by atoms with Crippen molar-refractivity contribution in [1.29, 1.82) is 0 Å². The lowest BCUT2D eigenvalue weighted by Gasteiger charge is -2.30. The van der Waals surface area contributed by atoms with Crippen molar-refractivity contribution in [2.24, 2.45) is 11.1 Å². The monoisotopic (exact) mass is 238 g/mol. The summed E-state index contributed by atoms with van der Waals surface area (Å²) in [5, 5.41) is 0. The molecule has 0 amide bonds. The molecule has 2 N–H and O–H groups in total. The van der Waals surface area contributed by atoms with Gasteiger partial charge in [0.15, 0.2) is 0 Å². The molecule has 2 nitrogen and oxygen atoms in total. The van der Waals surface area contributed by atoms with Gasteiger partial charge in [-0.3, -0.25) is 0 Å². The van der Waals surface area contributed by atoms with Crippen molar-refractivity contribution in [3.05, 3.63) is 35.6 Å². The molecule has 0 aromatic heterocycles. The molecular weight excluding hydrogens is 215 g/mol. The Bertz CT molecular complexity index is 350. The second-order valence-electron chi connectivity index (χ2n) is 5.51. The molecule has 0 bridgehead atoms. The highest BCUT2D eigenvalue weighted by Crippen LogP contribution is 2.21. The predicted octanol–water partition coefficient (Wildman–Crippen LogP) is 2.63. The normalized spacial score (nSPS) is 12.1. The summed E-state index contributed by atoms with van der Waals surface area (Å²) < 4.78 is 13.0. The number of rotatable bonds is 6. The number of hydrogen-bond donors (Lipinski definition) is 1. The van der Waals surface area contributed by atoms with Gasteiger partial charge in [0.1, 0.15) is 5.82 Å². The van der Waals surface area contributed by atoms with Crippen molar-refractivity contribution in [3.8, 4) is 0 Å². The van der Waals surface area contributed by atoms with Crippen LogP contribution < -0.4 is 5.73 Å². The highest BCUT2D eigenvalue weighted by molar-refractivity contribution is 5.16. The highest BCUT2D eigenvalue weighted by atomic mass is 19.1. The molecule has 0 saturated heterocycles. The summed E-state index contributed by atoms with van der Waals surface area (Å²) in [7, 11) is 2.06. The Kier molecular flexibility index (Phi) is 5.09. The topological polar surface area (TPSA) is 29.3 Å². The Morgan fingerprint density at radius 2 is 2.06 bits per heavy atom. The Morgan fingerprint density at radius 3 is 2.65 bits per heavy atom. The van der Waals surface area contributed by atoms with Gasteiger partial charge in [0, 0.05) is 13.1 Å². The maximum absolute atomic E-state index is 13.0. The fourth-order valence-corrected chi connectivity index (χ4v) is 2.20. The Labute approximate surface area is 104 Å². The van der Waals surface area contributed by atoms with Gasteiger partial charge in [-0.1, -0.05) is 26.0 Å². The molecule has 17 heavy (non-hydrogen) atoms. The Balaban J connectivity index is 2.52. The molecule has 0 aliphatic heterocycles. The van der Waals surface area contributed by atoms with Gasteiger partial charge < -0.3 is 10.6 Å². The van der Waals surface area contributed by atoms with Crippen LogP contribution in [0, 0.1) is 11.2 Å². The van der Waals surface area contributed by atoms with E-state index in [1.165, 1.54) is 6.07 Å². The van der Waals surface area contributed by atoms with E-state index in [1.54, 1.807) is 12.1 Å². The average Bonchev–Trinajstić information content (AvgIpc) is 2.15. The van der Waals surface area contributed by atoms with E-state index < -0.39 is 0 Å². The van der Waals surface area contributed by atoms with Crippen molar-refractivity contribution in [2.75, 3.05) is 20.1 Å². The largest absolute Gasteiger partial charge is 0.330 e. The van der Waals surface area contributed by atoms with Crippen molar-refractivity contribution in [3.63, 3.8) is 0 Å². The van der Waals surface area contributed by atoms with Crippen molar-refractivity contribution < 1.29 is 4.39 Å². The van der Waals surface area contributed by atoms with Crippen LogP contribution in [0.3, 0.4) is 0 Å². The van der Waals surface area contributed by atoms with E-state index in [0.717, 1.165) is 25.1 Å². The van der Waals surface area contributed by atoms with Crippen LogP contribution in [-0.4, -0.2) is 25.0 Å². The smallest absolute Gasteiger partial charge is 0.123 e. The van der Waals surface area contributed by atoms with E-state index in [2.05, 4.69) is 25.8 Å². The third-order valence-electron chi connectivity index (χ3n) is 2.86. The number of halogens is 1. The van der Waals surface area contributed by atoms with Crippen LogP contribution in [0.5, 0.6) is 0 Å². The van der Waals surface area contributed by atoms with E-state index in [9.17, 15) is 4.39 Å². The number of nitrogens with zero attached hydrogens (tertiary/aromatic N) is 1. The summed E-state index contributed by atoms with van der Waals surface area (Å²) in [5.74, 6) is -0.169. The number of nitrogens with two attached hydrogens (primary N) is 1. The fraction of sp³-hybridized carbons (Fsp3) is 0.571. The molecule has 0 aliphatic rings. The molecule has 96 valence electrons. The maximum atomic E-state index is 13.0. The van der Waals surface area contributed by atoms with E-state index in [-0.39, 0.29) is 11.2 Å². The molecule has 0 radical (unpaired) electrons. The lowest BCUT2D eigenvalue weighted by molar-refractivity contribution is 0.195. The van der Waals surface area contributed by atoms with Crippen LogP contribution in [0.4, 0.5) is 4.39 Å². The molecule has 0 spiro atoms. The fourth-order valence-electron chi connectivity index (χ4n) is 2.20. The molecule has 0 saturated carbocycles. The van der Waals surface area contributed by atoms with Crippen LogP contribution in [0.1, 0.15) is 25.8 Å². The van der Waals surface area contributed by atoms with Gasteiger partial charge in [0.05, 0.1) is 0 Å². The van der Waals surface area contributed by atoms with Crippen LogP contribution in [-0.2, 0) is 6.54 Å². The molecule has 0 heterocycles. The van der Waals surface area contributed by atoms with Crippen LogP contribution >= 0.6 is 0 Å². The molecular formula is C14H23FN2. The first kappa shape index (κ1) is 14.1. The SMILES string of the molecule is CN(Cc1cccc(F)c1)CC(C)(C)CCN. The summed E-state index contributed by atoms with van der Waals surface area (Å²) in [5.41, 5.74) is 6.81. The molecule has 1 rings (SSSR count). The lowest BCUT2D eigenvalue weighted by atomic mass is 9.89.